The van der Waals surface area contributed by atoms with E-state index in [2.05, 4.69) is 81.5 Å². The second kappa shape index (κ2) is 50.9. The topological polar surface area (TPSA) is 175 Å². The normalized spacial score (nSPS) is 18.7. The largest absolute Gasteiger partial charge is 0.479 e. The van der Waals surface area contributed by atoms with Gasteiger partial charge in [0, 0.05) is 19.3 Å². The zero-order chi connectivity index (χ0) is 54.7. The highest BCUT2D eigenvalue weighted by Gasteiger charge is 2.50. The molecule has 1 fully saturated rings. The van der Waals surface area contributed by atoms with Gasteiger partial charge in [-0.05, 0) is 96.3 Å². The summed E-state index contributed by atoms with van der Waals surface area (Å²) < 4.78 is 28.3. The second-order valence-electron chi connectivity index (χ2n) is 20.2. The summed E-state index contributed by atoms with van der Waals surface area (Å²) in [7, 11) is 0. The summed E-state index contributed by atoms with van der Waals surface area (Å²) in [6.45, 7) is 5.79. The lowest BCUT2D eigenvalue weighted by Crippen LogP contribution is -2.61. The number of hydrogen-bond acceptors (Lipinski definition) is 11. The number of aliphatic hydroxyl groups excluding tert-OH is 2. The molecular weight excluding hydrogens is 949 g/mol. The third-order valence-electron chi connectivity index (χ3n) is 13.3. The third-order valence-corrected chi connectivity index (χ3v) is 13.3. The average Bonchev–Trinajstić information content (AvgIpc) is 3.39. The molecule has 430 valence electrons. The van der Waals surface area contributed by atoms with Crippen LogP contribution in [0.4, 0.5) is 0 Å². The van der Waals surface area contributed by atoms with Crippen LogP contribution in [0.25, 0.3) is 0 Å². The van der Waals surface area contributed by atoms with Crippen LogP contribution < -0.4 is 0 Å². The number of carboxylic acids is 1. The third kappa shape index (κ3) is 41.0. The van der Waals surface area contributed by atoms with Crippen molar-refractivity contribution in [1.29, 1.82) is 0 Å². The molecule has 1 aliphatic heterocycles. The summed E-state index contributed by atoms with van der Waals surface area (Å²) in [5.41, 5.74) is 0. The van der Waals surface area contributed by atoms with Crippen molar-refractivity contribution in [2.75, 3.05) is 13.2 Å². The minimum atomic E-state index is -1.92. The van der Waals surface area contributed by atoms with E-state index < -0.39 is 67.3 Å². The second-order valence-corrected chi connectivity index (χ2v) is 20.2. The Labute approximate surface area is 455 Å². The molecule has 75 heavy (non-hydrogen) atoms. The zero-order valence-electron chi connectivity index (χ0n) is 47.3. The van der Waals surface area contributed by atoms with Crippen molar-refractivity contribution in [3.05, 3.63) is 72.9 Å². The van der Waals surface area contributed by atoms with Gasteiger partial charge in [-0.15, -0.1) is 0 Å². The molecule has 0 bridgehead atoms. The summed E-state index contributed by atoms with van der Waals surface area (Å²) in [6, 6.07) is 0. The first-order chi connectivity index (χ1) is 36.6. The molecule has 0 aromatic carbocycles. The van der Waals surface area contributed by atoms with Crippen molar-refractivity contribution < 1.29 is 58.2 Å². The van der Waals surface area contributed by atoms with E-state index in [4.69, 9.17) is 23.7 Å². The molecule has 1 aliphatic rings. The number of carbonyl (C=O) groups is 4. The molecular formula is C63H106O12. The molecule has 1 saturated heterocycles. The zero-order valence-corrected chi connectivity index (χ0v) is 47.3. The van der Waals surface area contributed by atoms with E-state index in [0.717, 1.165) is 77.0 Å². The van der Waals surface area contributed by atoms with E-state index in [1.54, 1.807) is 0 Å². The van der Waals surface area contributed by atoms with Crippen LogP contribution in [0.1, 0.15) is 252 Å². The van der Waals surface area contributed by atoms with E-state index >= 15 is 0 Å². The molecule has 1 rings (SSSR count). The Kier molecular flexibility index (Phi) is 47.0. The van der Waals surface area contributed by atoms with Crippen molar-refractivity contribution in [2.24, 2.45) is 0 Å². The fraction of sp³-hybridized carbons (Fsp3) is 0.746. The lowest BCUT2D eigenvalue weighted by Gasteiger charge is -2.40. The first kappa shape index (κ1) is 69.2. The predicted octanol–water partition coefficient (Wildman–Crippen LogP) is 15.3. The number of aliphatic hydroxyl groups is 2. The van der Waals surface area contributed by atoms with Crippen molar-refractivity contribution in [1.82, 2.24) is 0 Å². The summed E-state index contributed by atoms with van der Waals surface area (Å²) in [6.07, 6.45) is 51.8. The maximum Gasteiger partial charge on any atom is 0.335 e. The van der Waals surface area contributed by atoms with Gasteiger partial charge in [0.15, 0.2) is 24.6 Å². The Hall–Kier alpha value is -3.84. The maximum atomic E-state index is 13.1. The number of carbonyl (C=O) groups excluding carboxylic acids is 3. The first-order valence-electron chi connectivity index (χ1n) is 29.9. The number of aliphatic carboxylic acids is 1. The highest BCUT2D eigenvalue weighted by Crippen LogP contribution is 2.26. The van der Waals surface area contributed by atoms with Crippen LogP contribution in [0, 0.1) is 0 Å². The number of esters is 3. The number of ether oxygens (including phenoxy) is 5. The first-order valence-corrected chi connectivity index (χ1v) is 29.9. The van der Waals surface area contributed by atoms with E-state index in [1.807, 2.05) is 12.2 Å². The maximum absolute atomic E-state index is 13.1. The van der Waals surface area contributed by atoms with Crippen LogP contribution in [0.2, 0.25) is 0 Å². The molecule has 0 radical (unpaired) electrons. The van der Waals surface area contributed by atoms with Crippen LogP contribution in [-0.4, -0.2) is 89.2 Å². The number of rotatable bonds is 50. The van der Waals surface area contributed by atoms with Crippen molar-refractivity contribution in [3.63, 3.8) is 0 Å². The molecule has 6 unspecified atom stereocenters. The highest BCUT2D eigenvalue weighted by molar-refractivity contribution is 5.74. The molecule has 12 heteroatoms. The number of hydrogen-bond donors (Lipinski definition) is 3. The highest BCUT2D eigenvalue weighted by atomic mass is 16.7. The number of carboxylic acid groups (broad SMARTS) is 1. The van der Waals surface area contributed by atoms with Gasteiger partial charge in [-0.3, -0.25) is 14.4 Å². The molecule has 0 spiro atoms. The monoisotopic (exact) mass is 1050 g/mol. The van der Waals surface area contributed by atoms with Crippen molar-refractivity contribution in [2.45, 2.75) is 289 Å². The number of unbranched alkanes of at least 4 members (excludes halogenated alkanes) is 24. The Balaban J connectivity index is 2.70. The van der Waals surface area contributed by atoms with Gasteiger partial charge < -0.3 is 39.0 Å². The summed E-state index contributed by atoms with van der Waals surface area (Å²) >= 11 is 0. The van der Waals surface area contributed by atoms with Crippen LogP contribution in [-0.2, 0) is 42.9 Å². The van der Waals surface area contributed by atoms with Gasteiger partial charge in [0.2, 0.25) is 0 Å². The molecule has 6 atom stereocenters. The molecule has 0 aliphatic carbocycles. The van der Waals surface area contributed by atoms with Crippen LogP contribution in [0.5, 0.6) is 0 Å². The lowest BCUT2D eigenvalue weighted by molar-refractivity contribution is -0.301. The Bertz CT molecular complexity index is 1580. The standard InChI is InChI=1S/C63H106O12/c1-4-7-10-13-16-19-22-25-26-27-28-29-30-33-34-37-40-43-46-49-55(64)71-52-54(73-56(65)50-47-44-41-38-35-31-23-20-17-14-11-8-5-2)53-72-63-61(59(68)58(67)60(75-63)62(69)70)74-57(66)51-48-45-42-39-36-32-24-21-18-15-12-9-6-3/h8,11,17,20-21,24-26,31,35,41,44,54,58-61,63,67-68H,4-7,9-10,12-16,18-19,22-23,27-30,32-34,36-40,42-43,45-53H2,1-3H3,(H,69,70)/b11-8-,20-17-,24-21-,26-25-,35-31-,44-41-. The van der Waals surface area contributed by atoms with Gasteiger partial charge >= 0.3 is 23.9 Å². The van der Waals surface area contributed by atoms with Crippen molar-refractivity contribution >= 4 is 23.9 Å². The molecule has 0 saturated carbocycles. The van der Waals surface area contributed by atoms with Gasteiger partial charge in [-0.1, -0.05) is 209 Å². The SMILES string of the molecule is CC/C=C\C/C=C\C/C=C\C/C=C\CCC(=O)OC(COC(=O)CCCCCCCCCCC/C=C\CCCCCCCC)COC1OC(C(=O)O)C(O)C(O)C1OC(=O)CCCCCCC/C=C\CCCCCC. The Morgan fingerprint density at radius 3 is 1.35 bits per heavy atom. The van der Waals surface area contributed by atoms with E-state index in [-0.39, 0.29) is 25.9 Å². The minimum Gasteiger partial charge on any atom is -0.479 e. The fourth-order valence-corrected chi connectivity index (χ4v) is 8.66. The number of allylic oxidation sites excluding steroid dienone is 12. The smallest absolute Gasteiger partial charge is 0.335 e. The predicted molar refractivity (Wildman–Crippen MR) is 303 cm³/mol. The van der Waals surface area contributed by atoms with Gasteiger partial charge in [0.25, 0.3) is 0 Å². The van der Waals surface area contributed by atoms with Gasteiger partial charge in [-0.2, -0.15) is 0 Å². The summed E-state index contributed by atoms with van der Waals surface area (Å²) in [5.74, 6) is -3.24. The van der Waals surface area contributed by atoms with E-state index in [1.165, 1.54) is 109 Å². The molecule has 0 aromatic heterocycles. The average molecular weight is 1060 g/mol. The van der Waals surface area contributed by atoms with Gasteiger partial charge in [-0.25, -0.2) is 4.79 Å². The van der Waals surface area contributed by atoms with Crippen molar-refractivity contribution in [3.8, 4) is 0 Å². The lowest BCUT2D eigenvalue weighted by atomic mass is 9.98. The van der Waals surface area contributed by atoms with Gasteiger partial charge in [0.05, 0.1) is 6.61 Å². The van der Waals surface area contributed by atoms with E-state index in [9.17, 15) is 34.5 Å². The fourth-order valence-electron chi connectivity index (χ4n) is 8.66. The Morgan fingerprint density at radius 2 is 0.867 bits per heavy atom. The quantitative estimate of drug-likeness (QED) is 0.0228. The molecule has 12 nitrogen and oxygen atoms in total. The van der Waals surface area contributed by atoms with Crippen LogP contribution in [0.3, 0.4) is 0 Å². The summed E-state index contributed by atoms with van der Waals surface area (Å²) in [4.78, 5) is 51.0. The molecule has 1 heterocycles. The molecule has 0 aromatic rings. The van der Waals surface area contributed by atoms with Gasteiger partial charge in [0.1, 0.15) is 18.8 Å². The molecule has 0 amide bonds. The van der Waals surface area contributed by atoms with Crippen LogP contribution >= 0.6 is 0 Å². The van der Waals surface area contributed by atoms with Crippen LogP contribution in [0.15, 0.2) is 72.9 Å². The molecule has 3 N–H and O–H groups in total. The summed E-state index contributed by atoms with van der Waals surface area (Å²) in [5, 5.41) is 31.4. The minimum absolute atomic E-state index is 0.0395. The Morgan fingerprint density at radius 1 is 0.453 bits per heavy atom. The van der Waals surface area contributed by atoms with E-state index in [0.29, 0.717) is 25.7 Å².